The van der Waals surface area contributed by atoms with E-state index in [-0.39, 0.29) is 0 Å². The predicted octanol–water partition coefficient (Wildman–Crippen LogP) is 5.15. The molecule has 17 heavy (non-hydrogen) atoms. The summed E-state index contributed by atoms with van der Waals surface area (Å²) < 4.78 is 0. The highest BCUT2D eigenvalue weighted by Gasteiger charge is 2.16. The second kappa shape index (κ2) is 11.1. The van der Waals surface area contributed by atoms with Crippen LogP contribution >= 0.6 is 0 Å². The summed E-state index contributed by atoms with van der Waals surface area (Å²) in [5, 5.41) is 3.63. The van der Waals surface area contributed by atoms with Gasteiger partial charge in [-0.05, 0) is 24.8 Å². The summed E-state index contributed by atoms with van der Waals surface area (Å²) in [4.78, 5) is 0. The minimum atomic E-state index is 0.485. The van der Waals surface area contributed by atoms with Gasteiger partial charge in [-0.1, -0.05) is 72.6 Å². The lowest BCUT2D eigenvalue weighted by Gasteiger charge is -2.25. The number of nitrogens with one attached hydrogen (secondary N) is 1. The second-order valence-electron chi connectivity index (χ2n) is 6.21. The van der Waals surface area contributed by atoms with Gasteiger partial charge >= 0.3 is 0 Å². The number of unbranched alkanes of at least 4 members (excludes halogenated alkanes) is 6. The van der Waals surface area contributed by atoms with Crippen LogP contribution < -0.4 is 5.32 Å². The number of hydrogen-bond acceptors (Lipinski definition) is 1. The Labute approximate surface area is 110 Å². The molecule has 1 N–H and O–H groups in total. The highest BCUT2D eigenvalue weighted by Crippen LogP contribution is 2.22. The van der Waals surface area contributed by atoms with E-state index in [2.05, 4.69) is 33.0 Å². The van der Waals surface area contributed by atoms with E-state index >= 15 is 0 Å². The molecule has 0 aromatic rings. The van der Waals surface area contributed by atoms with Gasteiger partial charge in [-0.2, -0.15) is 0 Å². The fraction of sp³-hybridized carbons (Fsp3) is 1.00. The summed E-state index contributed by atoms with van der Waals surface area (Å²) in [6.45, 7) is 11.7. The molecule has 0 spiro atoms. The maximum Gasteiger partial charge on any atom is 0.000252 e. The van der Waals surface area contributed by atoms with Gasteiger partial charge in [0.1, 0.15) is 0 Å². The first-order chi connectivity index (χ1) is 8.12. The first-order valence-corrected chi connectivity index (χ1v) is 7.83. The lowest BCUT2D eigenvalue weighted by Crippen LogP contribution is -2.30. The van der Waals surface area contributed by atoms with Crippen molar-refractivity contribution in [3.8, 4) is 0 Å². The van der Waals surface area contributed by atoms with Gasteiger partial charge in [-0.25, -0.2) is 0 Å². The van der Waals surface area contributed by atoms with E-state index in [1.165, 1.54) is 70.9 Å². The highest BCUT2D eigenvalue weighted by atomic mass is 14.9. The van der Waals surface area contributed by atoms with E-state index in [4.69, 9.17) is 0 Å². The normalized spacial score (nSPS) is 12.0. The molecule has 0 fully saturated rings. The standard InChI is InChI=1S/C16H35N/c1-5-7-9-10-12-14-17-15-16(3,4)13-11-8-6-2/h17H,5-15H2,1-4H3. The smallest absolute Gasteiger partial charge is 0.000252 e. The molecule has 0 bridgehead atoms. The van der Waals surface area contributed by atoms with E-state index in [1.807, 2.05) is 0 Å². The second-order valence-corrected chi connectivity index (χ2v) is 6.21. The molecular weight excluding hydrogens is 206 g/mol. The van der Waals surface area contributed by atoms with Crippen LogP contribution in [0, 0.1) is 5.41 Å². The van der Waals surface area contributed by atoms with Crippen LogP contribution in [0.5, 0.6) is 0 Å². The van der Waals surface area contributed by atoms with Crippen LogP contribution in [0.1, 0.15) is 85.5 Å². The van der Waals surface area contributed by atoms with Gasteiger partial charge in [-0.3, -0.25) is 0 Å². The fourth-order valence-electron chi connectivity index (χ4n) is 2.22. The van der Waals surface area contributed by atoms with Crippen LogP contribution in [0.15, 0.2) is 0 Å². The van der Waals surface area contributed by atoms with Crippen molar-refractivity contribution in [2.24, 2.45) is 5.41 Å². The third kappa shape index (κ3) is 12.2. The monoisotopic (exact) mass is 241 g/mol. The van der Waals surface area contributed by atoms with Crippen LogP contribution in [-0.4, -0.2) is 13.1 Å². The minimum Gasteiger partial charge on any atom is -0.316 e. The molecule has 0 radical (unpaired) electrons. The molecule has 104 valence electrons. The number of hydrogen-bond donors (Lipinski definition) is 1. The van der Waals surface area contributed by atoms with E-state index in [1.54, 1.807) is 0 Å². The lowest BCUT2D eigenvalue weighted by atomic mass is 9.87. The summed E-state index contributed by atoms with van der Waals surface area (Å²) in [5.74, 6) is 0. The lowest BCUT2D eigenvalue weighted by molar-refractivity contribution is 0.301. The summed E-state index contributed by atoms with van der Waals surface area (Å²) in [6.07, 6.45) is 12.4. The molecule has 1 nitrogen and oxygen atoms in total. The summed E-state index contributed by atoms with van der Waals surface area (Å²) in [7, 11) is 0. The van der Waals surface area contributed by atoms with Crippen molar-refractivity contribution in [2.75, 3.05) is 13.1 Å². The molecular formula is C16H35N. The molecule has 0 aliphatic rings. The van der Waals surface area contributed by atoms with E-state index in [0.29, 0.717) is 5.41 Å². The molecule has 0 aromatic heterocycles. The molecule has 0 amide bonds. The average molecular weight is 241 g/mol. The van der Waals surface area contributed by atoms with Crippen LogP contribution in [-0.2, 0) is 0 Å². The Bertz CT molecular complexity index is 152. The topological polar surface area (TPSA) is 12.0 Å². The molecule has 0 aliphatic carbocycles. The molecule has 1 heteroatoms. The van der Waals surface area contributed by atoms with Crippen molar-refractivity contribution in [2.45, 2.75) is 85.5 Å². The van der Waals surface area contributed by atoms with Gasteiger partial charge in [0.25, 0.3) is 0 Å². The van der Waals surface area contributed by atoms with Crippen LogP contribution in [0.25, 0.3) is 0 Å². The van der Waals surface area contributed by atoms with Crippen molar-refractivity contribution < 1.29 is 0 Å². The van der Waals surface area contributed by atoms with Gasteiger partial charge < -0.3 is 5.32 Å². The molecule has 0 atom stereocenters. The fourth-order valence-corrected chi connectivity index (χ4v) is 2.22. The van der Waals surface area contributed by atoms with E-state index in [9.17, 15) is 0 Å². The largest absolute Gasteiger partial charge is 0.316 e. The Morgan fingerprint density at radius 2 is 1.35 bits per heavy atom. The van der Waals surface area contributed by atoms with Crippen molar-refractivity contribution in [3.05, 3.63) is 0 Å². The van der Waals surface area contributed by atoms with Gasteiger partial charge in [0.2, 0.25) is 0 Å². The summed E-state index contributed by atoms with van der Waals surface area (Å²) in [5.41, 5.74) is 0.485. The molecule has 0 aliphatic heterocycles. The average Bonchev–Trinajstić information content (AvgIpc) is 2.28. The van der Waals surface area contributed by atoms with Gasteiger partial charge in [0, 0.05) is 6.54 Å². The minimum absolute atomic E-state index is 0.485. The van der Waals surface area contributed by atoms with Crippen molar-refractivity contribution in [1.29, 1.82) is 0 Å². The van der Waals surface area contributed by atoms with Gasteiger partial charge in [0.05, 0.1) is 0 Å². The Balaban J connectivity index is 3.32. The molecule has 0 saturated heterocycles. The Morgan fingerprint density at radius 3 is 2.00 bits per heavy atom. The van der Waals surface area contributed by atoms with Gasteiger partial charge in [-0.15, -0.1) is 0 Å². The maximum absolute atomic E-state index is 3.63. The predicted molar refractivity (Wildman–Crippen MR) is 79.6 cm³/mol. The Hall–Kier alpha value is -0.0400. The SMILES string of the molecule is CCCCCCCNCC(C)(C)CCCCC. The zero-order valence-electron chi connectivity index (χ0n) is 12.8. The molecule has 0 aromatic carbocycles. The molecule has 0 unspecified atom stereocenters. The summed E-state index contributed by atoms with van der Waals surface area (Å²) >= 11 is 0. The third-order valence-electron chi connectivity index (χ3n) is 3.52. The van der Waals surface area contributed by atoms with Gasteiger partial charge in [0.15, 0.2) is 0 Å². The first-order valence-electron chi connectivity index (χ1n) is 7.83. The van der Waals surface area contributed by atoms with Crippen LogP contribution in [0.2, 0.25) is 0 Å². The first kappa shape index (κ1) is 17.0. The molecule has 0 saturated carbocycles. The zero-order chi connectivity index (χ0) is 13.0. The van der Waals surface area contributed by atoms with E-state index < -0.39 is 0 Å². The number of rotatable bonds is 12. The van der Waals surface area contributed by atoms with Crippen LogP contribution in [0.4, 0.5) is 0 Å². The van der Waals surface area contributed by atoms with E-state index in [0.717, 1.165) is 0 Å². The summed E-state index contributed by atoms with van der Waals surface area (Å²) in [6, 6.07) is 0. The Kier molecular flexibility index (Phi) is 11.0. The Morgan fingerprint density at radius 1 is 0.765 bits per heavy atom. The van der Waals surface area contributed by atoms with Crippen molar-refractivity contribution in [3.63, 3.8) is 0 Å². The van der Waals surface area contributed by atoms with Crippen molar-refractivity contribution in [1.82, 2.24) is 5.32 Å². The molecule has 0 heterocycles. The van der Waals surface area contributed by atoms with Crippen molar-refractivity contribution >= 4 is 0 Å². The highest BCUT2D eigenvalue weighted by molar-refractivity contribution is 4.71. The molecule has 0 rings (SSSR count). The maximum atomic E-state index is 3.63. The third-order valence-corrected chi connectivity index (χ3v) is 3.52. The quantitative estimate of drug-likeness (QED) is 0.466. The van der Waals surface area contributed by atoms with Crippen LogP contribution in [0.3, 0.4) is 0 Å². The zero-order valence-corrected chi connectivity index (χ0v) is 12.8.